The number of benzene rings is 1. The third-order valence-corrected chi connectivity index (χ3v) is 5.24. The van der Waals surface area contributed by atoms with Crippen molar-refractivity contribution in [1.82, 2.24) is 24.9 Å². The zero-order valence-corrected chi connectivity index (χ0v) is 17.0. The normalized spacial score (nSPS) is 14.5. The van der Waals surface area contributed by atoms with Gasteiger partial charge in [-0.2, -0.15) is 5.10 Å². The van der Waals surface area contributed by atoms with Crippen molar-refractivity contribution in [3.8, 4) is 11.4 Å². The predicted octanol–water partition coefficient (Wildman–Crippen LogP) is 3.11. The van der Waals surface area contributed by atoms with Crippen LogP contribution in [0.3, 0.4) is 0 Å². The van der Waals surface area contributed by atoms with Gasteiger partial charge < -0.3 is 9.80 Å². The molecule has 2 aromatic heterocycles. The number of aromatic nitrogens is 4. The summed E-state index contributed by atoms with van der Waals surface area (Å²) in [6.45, 7) is 5.74. The van der Waals surface area contributed by atoms with Crippen LogP contribution in [0, 0.1) is 0 Å². The number of anilines is 1. The largest absolute Gasteiger partial charge is 0.354 e. The summed E-state index contributed by atoms with van der Waals surface area (Å²) in [5.74, 6) is 0.915. The fourth-order valence-corrected chi connectivity index (χ4v) is 3.69. The van der Waals surface area contributed by atoms with E-state index in [4.69, 9.17) is 0 Å². The summed E-state index contributed by atoms with van der Waals surface area (Å²) in [5.41, 5.74) is 1.80. The van der Waals surface area contributed by atoms with Gasteiger partial charge >= 0.3 is 0 Å². The topological polar surface area (TPSA) is 67.2 Å². The van der Waals surface area contributed by atoms with Crippen molar-refractivity contribution in [2.75, 3.05) is 25.0 Å². The Morgan fingerprint density at radius 1 is 1.07 bits per heavy atom. The van der Waals surface area contributed by atoms with Crippen LogP contribution in [0.15, 0.2) is 36.5 Å². The van der Waals surface area contributed by atoms with Crippen LogP contribution in [0.4, 0.5) is 5.82 Å². The Hall–Kier alpha value is -2.96. The highest BCUT2D eigenvalue weighted by atomic mass is 16.1. The van der Waals surface area contributed by atoms with Gasteiger partial charge in [-0.1, -0.05) is 38.1 Å². The minimum Gasteiger partial charge on any atom is -0.354 e. The van der Waals surface area contributed by atoms with Crippen LogP contribution in [0.2, 0.25) is 0 Å². The smallest absolute Gasteiger partial charge is 0.209 e. The number of amides is 1. The first-order valence-corrected chi connectivity index (χ1v) is 9.85. The Kier molecular flexibility index (Phi) is 6.23. The monoisotopic (exact) mass is 380 g/mol. The molecule has 3 heterocycles. The lowest BCUT2D eigenvalue weighted by Crippen LogP contribution is -2.43. The Labute approximate surface area is 166 Å². The van der Waals surface area contributed by atoms with E-state index < -0.39 is 0 Å². The van der Waals surface area contributed by atoms with Gasteiger partial charge in [0.15, 0.2) is 5.82 Å². The molecule has 1 aliphatic rings. The van der Waals surface area contributed by atoms with E-state index in [0.29, 0.717) is 6.04 Å². The summed E-state index contributed by atoms with van der Waals surface area (Å²) in [4.78, 5) is 15.0. The van der Waals surface area contributed by atoms with Crippen LogP contribution in [-0.2, 0) is 11.8 Å². The van der Waals surface area contributed by atoms with Crippen LogP contribution in [0.25, 0.3) is 22.2 Å². The molecule has 1 saturated heterocycles. The zero-order valence-electron chi connectivity index (χ0n) is 17.0. The zero-order chi connectivity index (χ0) is 20.1. The lowest BCUT2D eigenvalue weighted by atomic mass is 10.0. The summed E-state index contributed by atoms with van der Waals surface area (Å²) >= 11 is 0. The van der Waals surface area contributed by atoms with E-state index in [1.165, 1.54) is 0 Å². The number of hydrogen-bond acceptors (Lipinski definition) is 5. The Morgan fingerprint density at radius 2 is 1.75 bits per heavy atom. The average molecular weight is 380 g/mol. The van der Waals surface area contributed by atoms with Gasteiger partial charge in [0.25, 0.3) is 0 Å². The van der Waals surface area contributed by atoms with Crippen molar-refractivity contribution < 1.29 is 4.79 Å². The number of carbonyl (C=O) groups excluding carboxylic acids is 1. The number of aryl methyl sites for hydroxylation is 1. The molecule has 0 unspecified atom stereocenters. The summed E-state index contributed by atoms with van der Waals surface area (Å²) in [6, 6.07) is 10.5. The predicted molar refractivity (Wildman–Crippen MR) is 112 cm³/mol. The molecule has 0 saturated carbocycles. The average Bonchev–Trinajstić information content (AvgIpc) is 3.19. The van der Waals surface area contributed by atoms with Crippen molar-refractivity contribution in [1.29, 1.82) is 0 Å². The minimum absolute atomic E-state index is 0.302. The van der Waals surface area contributed by atoms with Gasteiger partial charge in [0.1, 0.15) is 5.69 Å². The lowest BCUT2D eigenvalue weighted by Gasteiger charge is -2.36. The number of rotatable bonds is 4. The van der Waals surface area contributed by atoms with Gasteiger partial charge in [-0.15, -0.1) is 10.2 Å². The van der Waals surface area contributed by atoms with Gasteiger partial charge in [-0.25, -0.2) is 0 Å². The SMILES string of the molecule is CC.CN(C=O)C1CCN(c2nnc(-c3ccnn3C)c3ccccc23)CC1. The van der Waals surface area contributed by atoms with Crippen LogP contribution in [0.5, 0.6) is 0 Å². The fraction of sp³-hybridized carbons (Fsp3) is 0.429. The van der Waals surface area contributed by atoms with Gasteiger partial charge in [0.2, 0.25) is 6.41 Å². The van der Waals surface area contributed by atoms with Gasteiger partial charge in [0, 0.05) is 50.2 Å². The van der Waals surface area contributed by atoms with Gasteiger partial charge in [0.05, 0.1) is 5.69 Å². The quantitative estimate of drug-likeness (QED) is 0.651. The Bertz CT molecular complexity index is 930. The second-order valence-electron chi connectivity index (χ2n) is 6.75. The van der Waals surface area contributed by atoms with E-state index in [-0.39, 0.29) is 0 Å². The highest BCUT2D eigenvalue weighted by molar-refractivity contribution is 5.99. The summed E-state index contributed by atoms with van der Waals surface area (Å²) in [6.07, 6.45) is 4.57. The van der Waals surface area contributed by atoms with Gasteiger partial charge in [-0.3, -0.25) is 9.48 Å². The van der Waals surface area contributed by atoms with Crippen molar-refractivity contribution in [2.45, 2.75) is 32.7 Å². The molecule has 1 amide bonds. The minimum atomic E-state index is 0.302. The maximum Gasteiger partial charge on any atom is 0.209 e. The molecule has 3 aromatic rings. The third-order valence-electron chi connectivity index (χ3n) is 5.24. The van der Waals surface area contributed by atoms with E-state index in [1.807, 2.05) is 50.8 Å². The van der Waals surface area contributed by atoms with Crippen LogP contribution < -0.4 is 4.90 Å². The first kappa shape index (κ1) is 19.8. The van der Waals surface area contributed by atoms with Gasteiger partial charge in [-0.05, 0) is 18.9 Å². The number of piperidine rings is 1. The molecule has 148 valence electrons. The first-order chi connectivity index (χ1) is 13.7. The Morgan fingerprint density at radius 3 is 2.36 bits per heavy atom. The van der Waals surface area contributed by atoms with E-state index >= 15 is 0 Å². The molecule has 28 heavy (non-hydrogen) atoms. The molecule has 1 aliphatic heterocycles. The molecule has 0 atom stereocenters. The van der Waals surface area contributed by atoms with Crippen molar-refractivity contribution in [3.63, 3.8) is 0 Å². The Balaban J connectivity index is 0.00000109. The molecule has 0 bridgehead atoms. The molecule has 0 aliphatic carbocycles. The molecule has 7 heteroatoms. The maximum absolute atomic E-state index is 11.0. The summed E-state index contributed by atoms with van der Waals surface area (Å²) < 4.78 is 1.82. The number of carbonyl (C=O) groups is 1. The number of fused-ring (bicyclic) bond motifs is 1. The first-order valence-electron chi connectivity index (χ1n) is 9.85. The molecule has 0 radical (unpaired) electrons. The summed E-state index contributed by atoms with van der Waals surface area (Å²) in [7, 11) is 3.76. The highest BCUT2D eigenvalue weighted by Gasteiger charge is 2.24. The molecule has 0 N–H and O–H groups in total. The second-order valence-corrected chi connectivity index (χ2v) is 6.75. The second kappa shape index (κ2) is 8.82. The van der Waals surface area contributed by atoms with E-state index in [2.05, 4.69) is 32.3 Å². The lowest BCUT2D eigenvalue weighted by molar-refractivity contribution is -0.119. The van der Waals surface area contributed by atoms with Crippen molar-refractivity contribution >= 4 is 23.0 Å². The molecule has 7 nitrogen and oxygen atoms in total. The third kappa shape index (κ3) is 3.69. The molecule has 0 spiro atoms. The fourth-order valence-electron chi connectivity index (χ4n) is 3.69. The van der Waals surface area contributed by atoms with Crippen molar-refractivity contribution in [2.24, 2.45) is 7.05 Å². The molecular formula is C21H28N6O. The van der Waals surface area contributed by atoms with Crippen molar-refractivity contribution in [3.05, 3.63) is 36.5 Å². The number of nitrogens with zero attached hydrogens (tertiary/aromatic N) is 6. The van der Waals surface area contributed by atoms with Crippen LogP contribution in [0.1, 0.15) is 26.7 Å². The van der Waals surface area contributed by atoms with Crippen LogP contribution >= 0.6 is 0 Å². The molecular weight excluding hydrogens is 352 g/mol. The maximum atomic E-state index is 11.0. The van der Waals surface area contributed by atoms with Crippen LogP contribution in [-0.4, -0.2) is 57.5 Å². The van der Waals surface area contributed by atoms with E-state index in [1.54, 1.807) is 11.1 Å². The van der Waals surface area contributed by atoms with E-state index in [0.717, 1.165) is 60.3 Å². The molecule has 1 aromatic carbocycles. The standard InChI is InChI=1S/C19H22N6O.C2H6/c1-23(13-26)14-8-11-25(12-9-14)19-16-6-4-3-5-15(16)18(21-22-19)17-7-10-20-24(17)2;1-2/h3-7,10,13-14H,8-9,11-12H2,1-2H3;1-2H3. The molecule has 1 fully saturated rings. The van der Waals surface area contributed by atoms with E-state index in [9.17, 15) is 4.79 Å². The summed E-state index contributed by atoms with van der Waals surface area (Å²) in [5, 5.41) is 15.5. The number of hydrogen-bond donors (Lipinski definition) is 0. The molecule has 4 rings (SSSR count). The highest BCUT2D eigenvalue weighted by Crippen LogP contribution is 2.32.